The highest BCUT2D eigenvalue weighted by Gasteiger charge is 2.53. The first kappa shape index (κ1) is 20.8. The van der Waals surface area contributed by atoms with Crippen LogP contribution in [0.5, 0.6) is 0 Å². The lowest BCUT2D eigenvalue weighted by molar-refractivity contribution is -0.0452. The molecule has 0 saturated carbocycles. The summed E-state index contributed by atoms with van der Waals surface area (Å²) in [7, 11) is 0. The fourth-order valence-corrected chi connectivity index (χ4v) is 5.41. The number of aromatic nitrogens is 2. The molecule has 1 atom stereocenters. The van der Waals surface area contributed by atoms with Gasteiger partial charge >= 0.3 is 0 Å². The van der Waals surface area contributed by atoms with E-state index in [4.69, 9.17) is 16.3 Å². The number of halogens is 1. The third kappa shape index (κ3) is 3.83. The first-order valence-corrected chi connectivity index (χ1v) is 11.6. The number of benzene rings is 1. The van der Waals surface area contributed by atoms with E-state index >= 15 is 0 Å². The van der Waals surface area contributed by atoms with E-state index in [1.54, 1.807) is 6.07 Å². The average Bonchev–Trinajstić information content (AvgIpc) is 3.26. The van der Waals surface area contributed by atoms with Gasteiger partial charge in [0.1, 0.15) is 5.66 Å². The summed E-state index contributed by atoms with van der Waals surface area (Å²) in [6, 6.07) is 5.40. The quantitative estimate of drug-likeness (QED) is 0.756. The molecule has 7 nitrogen and oxygen atoms in total. The number of aryl methyl sites for hydroxylation is 1. The van der Waals surface area contributed by atoms with E-state index in [-0.39, 0.29) is 11.5 Å². The summed E-state index contributed by atoms with van der Waals surface area (Å²) in [5.41, 5.74) is 3.26. The van der Waals surface area contributed by atoms with Crippen LogP contribution in [0.4, 0.5) is 5.69 Å². The van der Waals surface area contributed by atoms with E-state index in [0.29, 0.717) is 17.2 Å². The van der Waals surface area contributed by atoms with Gasteiger partial charge in [0, 0.05) is 54.6 Å². The van der Waals surface area contributed by atoms with Gasteiger partial charge in [-0.1, -0.05) is 18.5 Å². The molecule has 1 aromatic heterocycles. The van der Waals surface area contributed by atoms with Crippen molar-refractivity contribution in [2.24, 2.45) is 0 Å². The van der Waals surface area contributed by atoms with E-state index in [1.165, 1.54) is 11.3 Å². The lowest BCUT2D eigenvalue weighted by Crippen LogP contribution is -2.59. The maximum absolute atomic E-state index is 12.7. The Balaban J connectivity index is 1.23. The molecule has 1 amide bonds. The second kappa shape index (κ2) is 7.80. The number of hydrogen-bond donors (Lipinski definition) is 2. The van der Waals surface area contributed by atoms with Crippen LogP contribution >= 0.6 is 11.6 Å². The minimum atomic E-state index is -0.544. The predicted molar refractivity (Wildman–Crippen MR) is 120 cm³/mol. The van der Waals surface area contributed by atoms with E-state index in [1.807, 2.05) is 18.3 Å². The second-order valence-electron chi connectivity index (χ2n) is 9.25. The van der Waals surface area contributed by atoms with Gasteiger partial charge in [-0.05, 0) is 44.4 Å². The zero-order valence-electron chi connectivity index (χ0n) is 18.2. The summed E-state index contributed by atoms with van der Waals surface area (Å²) >= 11 is 6.07. The van der Waals surface area contributed by atoms with Gasteiger partial charge in [-0.25, -0.2) is 0 Å². The monoisotopic (exact) mass is 443 g/mol. The summed E-state index contributed by atoms with van der Waals surface area (Å²) in [5.74, 6) is -0.0890. The number of nitrogens with zero attached hydrogens (tertiary/aromatic N) is 3. The van der Waals surface area contributed by atoms with Crippen LogP contribution in [0, 0.1) is 6.92 Å². The lowest BCUT2D eigenvalue weighted by atomic mass is 9.84. The Kier molecular flexibility index (Phi) is 5.23. The Bertz CT molecular complexity index is 998. The number of ether oxygens (including phenoxy) is 1. The van der Waals surface area contributed by atoms with E-state index in [9.17, 15) is 4.79 Å². The largest absolute Gasteiger partial charge is 0.370 e. The van der Waals surface area contributed by atoms with Crippen LogP contribution in [-0.4, -0.2) is 51.5 Å². The van der Waals surface area contributed by atoms with Crippen LogP contribution < -0.4 is 10.6 Å². The summed E-state index contributed by atoms with van der Waals surface area (Å²) < 4.78 is 8.48. The van der Waals surface area contributed by atoms with Crippen molar-refractivity contribution in [1.29, 1.82) is 0 Å². The molecular weight excluding hydrogens is 414 g/mol. The SMILES string of the molecule is CCCn1ncc(CN2CCC3(CC2)CC2(CO3)NC(=O)c3cc(Cl)ccc3N2)c1C. The van der Waals surface area contributed by atoms with E-state index in [2.05, 4.69) is 39.2 Å². The Hall–Kier alpha value is -2.09. The molecule has 3 aliphatic heterocycles. The number of piperidine rings is 1. The topological polar surface area (TPSA) is 71.4 Å². The van der Waals surface area contributed by atoms with Crippen LogP contribution in [0.15, 0.2) is 24.4 Å². The highest BCUT2D eigenvalue weighted by molar-refractivity contribution is 6.31. The average molecular weight is 444 g/mol. The van der Waals surface area contributed by atoms with E-state index < -0.39 is 5.66 Å². The van der Waals surface area contributed by atoms with Gasteiger partial charge < -0.3 is 15.4 Å². The molecule has 3 aliphatic rings. The fraction of sp³-hybridized carbons (Fsp3) is 0.565. The molecule has 2 saturated heterocycles. The smallest absolute Gasteiger partial charge is 0.255 e. The van der Waals surface area contributed by atoms with Crippen molar-refractivity contribution in [3.05, 3.63) is 46.2 Å². The molecule has 2 N–H and O–H groups in total. The molecule has 0 aliphatic carbocycles. The van der Waals surface area contributed by atoms with Crippen molar-refractivity contribution >= 4 is 23.2 Å². The van der Waals surface area contributed by atoms with Crippen LogP contribution in [-0.2, 0) is 17.8 Å². The van der Waals surface area contributed by atoms with Gasteiger partial charge in [0.05, 0.1) is 24.0 Å². The van der Waals surface area contributed by atoms with E-state index in [0.717, 1.165) is 57.5 Å². The Morgan fingerprint density at radius 2 is 2.06 bits per heavy atom. The maximum atomic E-state index is 12.7. The van der Waals surface area contributed by atoms with Crippen LogP contribution in [0.2, 0.25) is 5.02 Å². The number of rotatable bonds is 4. The third-order valence-electron chi connectivity index (χ3n) is 7.00. The fourth-order valence-electron chi connectivity index (χ4n) is 5.23. The van der Waals surface area contributed by atoms with Crippen LogP contribution in [0.25, 0.3) is 0 Å². The molecule has 0 bridgehead atoms. The predicted octanol–water partition coefficient (Wildman–Crippen LogP) is 3.56. The minimum Gasteiger partial charge on any atom is -0.370 e. The molecule has 4 heterocycles. The number of carbonyl (C=O) groups excluding carboxylic acids is 1. The van der Waals surface area contributed by atoms with Crippen molar-refractivity contribution in [3.63, 3.8) is 0 Å². The van der Waals surface area contributed by atoms with Crippen molar-refractivity contribution in [2.45, 2.75) is 63.9 Å². The lowest BCUT2D eigenvalue weighted by Gasteiger charge is -2.41. The number of amides is 1. The summed E-state index contributed by atoms with van der Waals surface area (Å²) in [5, 5.41) is 11.8. The Morgan fingerprint density at radius 3 is 2.84 bits per heavy atom. The zero-order valence-corrected chi connectivity index (χ0v) is 19.0. The van der Waals surface area contributed by atoms with Gasteiger partial charge in [-0.15, -0.1) is 0 Å². The third-order valence-corrected chi connectivity index (χ3v) is 7.24. The zero-order chi connectivity index (χ0) is 21.6. The number of hydrogen-bond acceptors (Lipinski definition) is 5. The molecule has 8 heteroatoms. The van der Waals surface area contributed by atoms with Crippen molar-refractivity contribution < 1.29 is 9.53 Å². The van der Waals surface area contributed by atoms with Crippen molar-refractivity contribution in [3.8, 4) is 0 Å². The molecule has 5 rings (SSSR count). The maximum Gasteiger partial charge on any atom is 0.255 e. The summed E-state index contributed by atoms with van der Waals surface area (Å²) in [6.45, 7) is 8.68. The normalized spacial score (nSPS) is 24.9. The van der Waals surface area contributed by atoms with Gasteiger partial charge in [0.2, 0.25) is 0 Å². The number of likely N-dealkylation sites (tertiary alicyclic amines) is 1. The molecule has 0 radical (unpaired) electrons. The van der Waals surface area contributed by atoms with Gasteiger partial charge in [-0.3, -0.25) is 14.4 Å². The molecular formula is C23H30ClN5O2. The number of nitrogens with one attached hydrogen (secondary N) is 2. The first-order valence-electron chi connectivity index (χ1n) is 11.2. The standard InChI is InChI=1S/C23H30ClN5O2/c1-3-8-29-16(2)17(12-25-29)13-28-9-6-22(7-10-28)14-23(15-31-22)26-20-5-4-18(24)11-19(20)21(30)27-23/h4-5,11-12,26H,3,6-10,13-15H2,1-2H3,(H,27,30). The molecule has 2 fully saturated rings. The highest BCUT2D eigenvalue weighted by Crippen LogP contribution is 2.43. The molecule has 31 heavy (non-hydrogen) atoms. The van der Waals surface area contributed by atoms with Crippen molar-refractivity contribution in [2.75, 3.05) is 25.0 Å². The molecule has 166 valence electrons. The first-order chi connectivity index (χ1) is 14.9. The number of fused-ring (bicyclic) bond motifs is 1. The number of carbonyl (C=O) groups is 1. The van der Waals surface area contributed by atoms with Crippen molar-refractivity contribution in [1.82, 2.24) is 20.0 Å². The number of anilines is 1. The Labute approximate surface area is 188 Å². The second-order valence-corrected chi connectivity index (χ2v) is 9.69. The van der Waals surface area contributed by atoms with Crippen LogP contribution in [0.3, 0.4) is 0 Å². The summed E-state index contributed by atoms with van der Waals surface area (Å²) in [4.78, 5) is 15.2. The van der Waals surface area contributed by atoms with Gasteiger partial charge in [-0.2, -0.15) is 5.10 Å². The van der Waals surface area contributed by atoms with Gasteiger partial charge in [0.25, 0.3) is 5.91 Å². The molecule has 1 aromatic carbocycles. The van der Waals surface area contributed by atoms with Crippen LogP contribution in [0.1, 0.15) is 54.2 Å². The summed E-state index contributed by atoms with van der Waals surface area (Å²) in [6.07, 6.45) is 5.80. The molecule has 2 spiro atoms. The highest BCUT2D eigenvalue weighted by atomic mass is 35.5. The molecule has 1 unspecified atom stereocenters. The van der Waals surface area contributed by atoms with Gasteiger partial charge in [0.15, 0.2) is 0 Å². The molecule has 2 aromatic rings. The Morgan fingerprint density at radius 1 is 1.26 bits per heavy atom. The minimum absolute atomic E-state index is 0.0890.